The summed E-state index contributed by atoms with van der Waals surface area (Å²) in [6.45, 7) is 2.46. The second-order valence-electron chi connectivity index (χ2n) is 4.17. The van der Waals surface area contributed by atoms with Gasteiger partial charge in [0.15, 0.2) is 0 Å². The van der Waals surface area contributed by atoms with E-state index in [1.54, 1.807) is 0 Å². The van der Waals surface area contributed by atoms with Crippen LogP contribution in [0.1, 0.15) is 25.7 Å². The molecule has 1 saturated heterocycles. The van der Waals surface area contributed by atoms with Crippen LogP contribution in [-0.4, -0.2) is 47.8 Å². The summed E-state index contributed by atoms with van der Waals surface area (Å²) in [6.07, 6.45) is 3.93. The van der Waals surface area contributed by atoms with Gasteiger partial charge in [0.05, 0.1) is 19.1 Å². The second kappa shape index (κ2) is 4.28. The van der Waals surface area contributed by atoms with Crippen molar-refractivity contribution in [1.82, 2.24) is 4.90 Å². The average Bonchev–Trinajstić information content (AvgIpc) is 1.99. The highest BCUT2D eigenvalue weighted by Crippen LogP contribution is 2.26. The molecule has 0 radical (unpaired) electrons. The first-order valence-corrected chi connectivity index (χ1v) is 5.33. The summed E-state index contributed by atoms with van der Waals surface area (Å²) in [5.74, 6) is -0.759. The molecule has 1 unspecified atom stereocenters. The lowest BCUT2D eigenvalue weighted by Gasteiger charge is -2.42. The Morgan fingerprint density at radius 3 is 2.86 bits per heavy atom. The fourth-order valence-electron chi connectivity index (χ4n) is 2.14. The van der Waals surface area contributed by atoms with Gasteiger partial charge in [-0.3, -0.25) is 9.69 Å². The monoisotopic (exact) mass is 199 g/mol. The van der Waals surface area contributed by atoms with Crippen molar-refractivity contribution in [2.45, 2.75) is 37.8 Å². The highest BCUT2D eigenvalue weighted by Gasteiger charge is 2.30. The van der Waals surface area contributed by atoms with Crippen LogP contribution >= 0.6 is 0 Å². The van der Waals surface area contributed by atoms with Gasteiger partial charge in [-0.1, -0.05) is 6.42 Å². The molecule has 0 bridgehead atoms. The molecule has 1 saturated carbocycles. The van der Waals surface area contributed by atoms with Gasteiger partial charge in [-0.15, -0.1) is 0 Å². The van der Waals surface area contributed by atoms with E-state index in [2.05, 4.69) is 4.90 Å². The van der Waals surface area contributed by atoms with Gasteiger partial charge >= 0.3 is 5.97 Å². The third kappa shape index (κ3) is 2.25. The van der Waals surface area contributed by atoms with Crippen molar-refractivity contribution >= 4 is 5.97 Å². The van der Waals surface area contributed by atoms with Crippen LogP contribution in [0.15, 0.2) is 0 Å². The lowest BCUT2D eigenvalue weighted by Crippen LogP contribution is -2.50. The maximum atomic E-state index is 10.5. The first-order valence-electron chi connectivity index (χ1n) is 5.33. The fourth-order valence-corrected chi connectivity index (χ4v) is 2.14. The van der Waals surface area contributed by atoms with Crippen LogP contribution in [0.4, 0.5) is 0 Å². The van der Waals surface area contributed by atoms with Crippen molar-refractivity contribution in [3.05, 3.63) is 0 Å². The Bertz CT molecular complexity index is 215. The number of morpholine rings is 1. The highest BCUT2D eigenvalue weighted by atomic mass is 16.5. The standard InChI is InChI=1S/C10H17NO3/c12-10(13)6-9-7-11(4-5-14-9)8-2-1-3-8/h8-9H,1-7H2,(H,12,13). The number of carbonyl (C=O) groups is 1. The van der Waals surface area contributed by atoms with E-state index in [-0.39, 0.29) is 12.5 Å². The summed E-state index contributed by atoms with van der Waals surface area (Å²) in [7, 11) is 0. The molecule has 0 aromatic heterocycles. The summed E-state index contributed by atoms with van der Waals surface area (Å²) in [5.41, 5.74) is 0. The second-order valence-corrected chi connectivity index (χ2v) is 4.17. The van der Waals surface area contributed by atoms with E-state index in [0.717, 1.165) is 13.1 Å². The molecule has 1 aliphatic heterocycles. The van der Waals surface area contributed by atoms with Crippen molar-refractivity contribution in [2.24, 2.45) is 0 Å². The summed E-state index contributed by atoms with van der Waals surface area (Å²) in [4.78, 5) is 12.9. The first kappa shape index (κ1) is 9.93. The maximum absolute atomic E-state index is 10.5. The molecule has 2 aliphatic rings. The number of aliphatic carboxylic acids is 1. The Kier molecular flexibility index (Phi) is 3.03. The molecule has 4 heteroatoms. The number of carboxylic acids is 1. The topological polar surface area (TPSA) is 49.8 Å². The van der Waals surface area contributed by atoms with Crippen LogP contribution < -0.4 is 0 Å². The Labute approximate surface area is 83.8 Å². The number of hydrogen-bond donors (Lipinski definition) is 1. The largest absolute Gasteiger partial charge is 0.481 e. The number of rotatable bonds is 3. The smallest absolute Gasteiger partial charge is 0.306 e. The number of nitrogens with zero attached hydrogens (tertiary/aromatic N) is 1. The fraction of sp³-hybridized carbons (Fsp3) is 0.900. The predicted octanol–water partition coefficient (Wildman–Crippen LogP) is 0.714. The van der Waals surface area contributed by atoms with Gasteiger partial charge < -0.3 is 9.84 Å². The molecule has 1 N–H and O–H groups in total. The molecule has 2 rings (SSSR count). The predicted molar refractivity (Wildman–Crippen MR) is 51.2 cm³/mol. The molecule has 0 amide bonds. The van der Waals surface area contributed by atoms with E-state index in [1.165, 1.54) is 19.3 Å². The Morgan fingerprint density at radius 2 is 2.29 bits per heavy atom. The van der Waals surface area contributed by atoms with E-state index in [0.29, 0.717) is 12.6 Å². The first-order chi connectivity index (χ1) is 6.75. The lowest BCUT2D eigenvalue weighted by molar-refractivity contribution is -0.143. The molecule has 14 heavy (non-hydrogen) atoms. The molecule has 0 aromatic rings. The molecule has 0 spiro atoms. The van der Waals surface area contributed by atoms with Gasteiger partial charge in [0, 0.05) is 19.1 Å². The van der Waals surface area contributed by atoms with Crippen LogP contribution in [0.3, 0.4) is 0 Å². The molecule has 4 nitrogen and oxygen atoms in total. The zero-order valence-electron chi connectivity index (χ0n) is 8.32. The normalized spacial score (nSPS) is 29.9. The van der Waals surface area contributed by atoms with Gasteiger partial charge in [0.25, 0.3) is 0 Å². The SMILES string of the molecule is O=C(O)CC1CN(C2CCC2)CCO1. The van der Waals surface area contributed by atoms with Crippen LogP contribution in [0.5, 0.6) is 0 Å². The lowest BCUT2D eigenvalue weighted by atomic mass is 9.91. The van der Waals surface area contributed by atoms with Gasteiger partial charge in [0.2, 0.25) is 0 Å². The van der Waals surface area contributed by atoms with Crippen LogP contribution in [0.25, 0.3) is 0 Å². The zero-order valence-corrected chi connectivity index (χ0v) is 8.32. The molecular formula is C10H17NO3. The third-order valence-corrected chi connectivity index (χ3v) is 3.16. The zero-order chi connectivity index (χ0) is 9.97. The minimum atomic E-state index is -0.759. The van der Waals surface area contributed by atoms with E-state index < -0.39 is 5.97 Å². The Balaban J connectivity index is 1.80. The van der Waals surface area contributed by atoms with Crippen LogP contribution in [0, 0.1) is 0 Å². The Hall–Kier alpha value is -0.610. The molecular weight excluding hydrogens is 182 g/mol. The highest BCUT2D eigenvalue weighted by molar-refractivity contribution is 5.67. The van der Waals surface area contributed by atoms with E-state index in [9.17, 15) is 4.79 Å². The van der Waals surface area contributed by atoms with Crippen molar-refractivity contribution in [2.75, 3.05) is 19.7 Å². The summed E-state index contributed by atoms with van der Waals surface area (Å²) in [5, 5.41) is 8.66. The molecule has 1 atom stereocenters. The van der Waals surface area contributed by atoms with E-state index in [1.807, 2.05) is 0 Å². The molecule has 2 fully saturated rings. The summed E-state index contributed by atoms with van der Waals surface area (Å²) >= 11 is 0. The molecule has 80 valence electrons. The number of carboxylic acid groups (broad SMARTS) is 1. The van der Waals surface area contributed by atoms with Crippen molar-refractivity contribution in [1.29, 1.82) is 0 Å². The van der Waals surface area contributed by atoms with Gasteiger partial charge in [-0.25, -0.2) is 0 Å². The van der Waals surface area contributed by atoms with Gasteiger partial charge in [-0.2, -0.15) is 0 Å². The quantitative estimate of drug-likeness (QED) is 0.727. The number of hydrogen-bond acceptors (Lipinski definition) is 3. The van der Waals surface area contributed by atoms with Crippen LogP contribution in [-0.2, 0) is 9.53 Å². The molecule has 0 aromatic carbocycles. The summed E-state index contributed by atoms with van der Waals surface area (Å²) in [6, 6.07) is 0.704. The minimum absolute atomic E-state index is 0.0955. The minimum Gasteiger partial charge on any atom is -0.481 e. The van der Waals surface area contributed by atoms with E-state index in [4.69, 9.17) is 9.84 Å². The van der Waals surface area contributed by atoms with Crippen molar-refractivity contribution < 1.29 is 14.6 Å². The van der Waals surface area contributed by atoms with Crippen molar-refractivity contribution in [3.8, 4) is 0 Å². The number of ether oxygens (including phenoxy) is 1. The molecule has 1 aliphatic carbocycles. The van der Waals surface area contributed by atoms with Crippen molar-refractivity contribution in [3.63, 3.8) is 0 Å². The summed E-state index contributed by atoms with van der Waals surface area (Å²) < 4.78 is 5.42. The average molecular weight is 199 g/mol. The van der Waals surface area contributed by atoms with Gasteiger partial charge in [0.1, 0.15) is 0 Å². The maximum Gasteiger partial charge on any atom is 0.306 e. The Morgan fingerprint density at radius 1 is 1.50 bits per heavy atom. The van der Waals surface area contributed by atoms with Crippen LogP contribution in [0.2, 0.25) is 0 Å². The van der Waals surface area contributed by atoms with E-state index >= 15 is 0 Å². The van der Waals surface area contributed by atoms with Gasteiger partial charge in [-0.05, 0) is 12.8 Å². The molecule has 1 heterocycles. The third-order valence-electron chi connectivity index (χ3n) is 3.16.